The normalized spacial score (nSPS) is 14.8. The molecule has 1 unspecified atom stereocenters. The second-order valence-electron chi connectivity index (χ2n) is 9.28. The molecule has 0 saturated carbocycles. The summed E-state index contributed by atoms with van der Waals surface area (Å²) in [5.74, 6) is 1.54. The van der Waals surface area contributed by atoms with E-state index in [0.717, 1.165) is 23.1 Å². The van der Waals surface area contributed by atoms with Crippen molar-refractivity contribution in [3.05, 3.63) is 113 Å². The van der Waals surface area contributed by atoms with Crippen molar-refractivity contribution in [2.75, 3.05) is 20.1 Å². The lowest BCUT2D eigenvalue weighted by Gasteiger charge is -2.37. The van der Waals surface area contributed by atoms with Gasteiger partial charge in [0, 0.05) is 20.1 Å². The number of ether oxygens (including phenoxy) is 1. The van der Waals surface area contributed by atoms with Crippen LogP contribution in [-0.4, -0.2) is 41.8 Å². The third kappa shape index (κ3) is 5.03. The van der Waals surface area contributed by atoms with Crippen LogP contribution in [0, 0.1) is 6.92 Å². The van der Waals surface area contributed by atoms with Crippen LogP contribution in [0.1, 0.15) is 62.1 Å². The van der Waals surface area contributed by atoms with Gasteiger partial charge in [0.2, 0.25) is 0 Å². The summed E-state index contributed by atoms with van der Waals surface area (Å²) in [7, 11) is 1.73. The molecule has 0 spiro atoms. The minimum Gasteiger partial charge on any atom is -0.486 e. The summed E-state index contributed by atoms with van der Waals surface area (Å²) in [6.45, 7) is 5.33. The van der Waals surface area contributed by atoms with Crippen molar-refractivity contribution in [2.24, 2.45) is 0 Å². The van der Waals surface area contributed by atoms with E-state index in [1.54, 1.807) is 36.2 Å². The third-order valence-corrected chi connectivity index (χ3v) is 6.77. The minimum atomic E-state index is -0.276. The second-order valence-corrected chi connectivity index (χ2v) is 9.28. The zero-order valence-corrected chi connectivity index (χ0v) is 21.3. The molecule has 3 heterocycles. The predicted molar refractivity (Wildman–Crippen MR) is 139 cm³/mol. The largest absolute Gasteiger partial charge is 0.486 e. The van der Waals surface area contributed by atoms with Gasteiger partial charge in [-0.3, -0.25) is 9.59 Å². The van der Waals surface area contributed by atoms with Crippen LogP contribution in [0.2, 0.25) is 0 Å². The first-order valence-electron chi connectivity index (χ1n) is 12.5. The Morgan fingerprint density at radius 3 is 2.68 bits per heavy atom. The zero-order valence-electron chi connectivity index (χ0n) is 21.3. The van der Waals surface area contributed by atoms with Crippen LogP contribution in [0.4, 0.5) is 0 Å². The third-order valence-electron chi connectivity index (χ3n) is 6.77. The SMILES string of the molecule is CCN(C)C(=O)c1ccc(COc2ccc3c(c2)C(c2cccc(C)c2)N(C(=O)c2ccco2)CC3)o1. The van der Waals surface area contributed by atoms with Crippen LogP contribution < -0.4 is 4.74 Å². The van der Waals surface area contributed by atoms with E-state index in [4.69, 9.17) is 13.6 Å². The van der Waals surface area contributed by atoms with Crippen molar-refractivity contribution < 1.29 is 23.2 Å². The summed E-state index contributed by atoms with van der Waals surface area (Å²) in [6, 6.07) is 20.8. The number of rotatable bonds is 7. The number of nitrogens with zero attached hydrogens (tertiary/aromatic N) is 2. The molecule has 0 fully saturated rings. The monoisotopic (exact) mass is 498 g/mol. The summed E-state index contributed by atoms with van der Waals surface area (Å²) in [6.07, 6.45) is 2.26. The lowest BCUT2D eigenvalue weighted by atomic mass is 9.87. The molecule has 2 aromatic heterocycles. The van der Waals surface area contributed by atoms with Crippen LogP contribution in [0.25, 0.3) is 0 Å². The standard InChI is InChI=1S/C30H30N2O5/c1-4-31(3)29(33)27-13-12-24(37-27)19-36-23-11-10-21-14-15-32(30(34)26-9-6-16-35-26)28(25(21)18-23)22-8-5-7-20(2)17-22/h5-13,16-18,28H,4,14-15,19H2,1-3H3. The van der Waals surface area contributed by atoms with Crippen molar-refractivity contribution in [3.63, 3.8) is 0 Å². The second kappa shape index (κ2) is 10.4. The maximum atomic E-state index is 13.4. The van der Waals surface area contributed by atoms with Gasteiger partial charge in [-0.2, -0.15) is 0 Å². The van der Waals surface area contributed by atoms with Crippen LogP contribution in [-0.2, 0) is 13.0 Å². The molecule has 1 aliphatic heterocycles. The minimum absolute atomic E-state index is 0.140. The Morgan fingerprint density at radius 2 is 1.92 bits per heavy atom. The van der Waals surface area contributed by atoms with Gasteiger partial charge in [-0.15, -0.1) is 0 Å². The number of benzene rings is 2. The Bertz CT molecular complexity index is 1410. The van der Waals surface area contributed by atoms with E-state index in [1.165, 1.54) is 11.8 Å². The average molecular weight is 499 g/mol. The molecule has 0 bridgehead atoms. The number of carbonyl (C=O) groups excluding carboxylic acids is 2. The van der Waals surface area contributed by atoms with Crippen LogP contribution >= 0.6 is 0 Å². The van der Waals surface area contributed by atoms with Crippen LogP contribution in [0.15, 0.2) is 81.8 Å². The number of carbonyl (C=O) groups is 2. The van der Waals surface area contributed by atoms with Crippen molar-refractivity contribution in [1.29, 1.82) is 0 Å². The first-order chi connectivity index (χ1) is 17.9. The number of fused-ring (bicyclic) bond motifs is 1. The van der Waals surface area contributed by atoms with Crippen molar-refractivity contribution in [3.8, 4) is 5.75 Å². The lowest BCUT2D eigenvalue weighted by Crippen LogP contribution is -2.40. The molecular formula is C30H30N2O5. The van der Waals surface area contributed by atoms with E-state index >= 15 is 0 Å². The quantitative estimate of drug-likeness (QED) is 0.330. The predicted octanol–water partition coefficient (Wildman–Crippen LogP) is 5.64. The first kappa shape index (κ1) is 24.4. The summed E-state index contributed by atoms with van der Waals surface area (Å²) >= 11 is 0. The highest BCUT2D eigenvalue weighted by molar-refractivity contribution is 5.92. The molecule has 1 aliphatic rings. The topological polar surface area (TPSA) is 76.1 Å². The highest BCUT2D eigenvalue weighted by atomic mass is 16.5. The molecule has 2 amide bonds. The van der Waals surface area contributed by atoms with Gasteiger partial charge in [-0.1, -0.05) is 35.9 Å². The fourth-order valence-corrected chi connectivity index (χ4v) is 4.70. The Kier molecular flexibility index (Phi) is 6.86. The molecule has 1 atom stereocenters. The highest BCUT2D eigenvalue weighted by Gasteiger charge is 2.34. The van der Waals surface area contributed by atoms with E-state index < -0.39 is 0 Å². The summed E-state index contributed by atoms with van der Waals surface area (Å²) in [4.78, 5) is 29.2. The van der Waals surface area contributed by atoms with Gasteiger partial charge >= 0.3 is 0 Å². The van der Waals surface area contributed by atoms with E-state index in [-0.39, 0.29) is 24.5 Å². The Morgan fingerprint density at radius 1 is 1.05 bits per heavy atom. The highest BCUT2D eigenvalue weighted by Crippen LogP contribution is 2.38. The van der Waals surface area contributed by atoms with Gasteiger partial charge in [0.05, 0.1) is 12.3 Å². The maximum absolute atomic E-state index is 13.4. The molecule has 0 saturated heterocycles. The number of hydrogen-bond acceptors (Lipinski definition) is 5. The van der Waals surface area contributed by atoms with Crippen molar-refractivity contribution in [1.82, 2.24) is 9.80 Å². The van der Waals surface area contributed by atoms with E-state index in [9.17, 15) is 9.59 Å². The van der Waals surface area contributed by atoms with Crippen LogP contribution in [0.5, 0.6) is 5.75 Å². The van der Waals surface area contributed by atoms with Gasteiger partial charge in [0.1, 0.15) is 18.1 Å². The molecule has 7 nitrogen and oxygen atoms in total. The lowest BCUT2D eigenvalue weighted by molar-refractivity contribution is 0.0661. The average Bonchev–Trinajstić information content (AvgIpc) is 3.63. The molecule has 37 heavy (non-hydrogen) atoms. The summed E-state index contributed by atoms with van der Waals surface area (Å²) in [5, 5.41) is 0. The zero-order chi connectivity index (χ0) is 25.9. The molecule has 0 N–H and O–H groups in total. The first-order valence-corrected chi connectivity index (χ1v) is 12.5. The van der Waals surface area contributed by atoms with Gasteiger partial charge in [0.15, 0.2) is 11.5 Å². The van der Waals surface area contributed by atoms with Crippen molar-refractivity contribution >= 4 is 11.8 Å². The number of hydrogen-bond donors (Lipinski definition) is 0. The fraction of sp³-hybridized carbons (Fsp3) is 0.267. The molecule has 5 rings (SSSR count). The van der Waals surface area contributed by atoms with E-state index in [0.29, 0.717) is 36.1 Å². The Hall–Kier alpha value is -4.26. The number of amides is 2. The number of furan rings is 2. The van der Waals surface area contributed by atoms with Crippen LogP contribution in [0.3, 0.4) is 0 Å². The summed E-state index contributed by atoms with van der Waals surface area (Å²) < 4.78 is 17.2. The Labute approximate surface area is 216 Å². The molecule has 190 valence electrons. The molecule has 4 aromatic rings. The van der Waals surface area contributed by atoms with Gasteiger partial charge in [-0.25, -0.2) is 0 Å². The molecular weight excluding hydrogens is 468 g/mol. The number of aryl methyl sites for hydroxylation is 1. The molecule has 0 aliphatic carbocycles. The fourth-order valence-electron chi connectivity index (χ4n) is 4.70. The van der Waals surface area contributed by atoms with Gasteiger partial charge < -0.3 is 23.4 Å². The maximum Gasteiger partial charge on any atom is 0.290 e. The summed E-state index contributed by atoms with van der Waals surface area (Å²) in [5.41, 5.74) is 4.36. The molecule has 0 radical (unpaired) electrons. The Balaban J connectivity index is 1.43. The van der Waals surface area contributed by atoms with Crippen molar-refractivity contribution in [2.45, 2.75) is 32.9 Å². The van der Waals surface area contributed by atoms with Gasteiger partial charge in [-0.05, 0) is 73.4 Å². The smallest absolute Gasteiger partial charge is 0.290 e. The van der Waals surface area contributed by atoms with E-state index in [1.807, 2.05) is 43.0 Å². The molecule has 2 aromatic carbocycles. The van der Waals surface area contributed by atoms with E-state index in [2.05, 4.69) is 18.2 Å². The molecule has 7 heteroatoms. The van der Waals surface area contributed by atoms with Gasteiger partial charge in [0.25, 0.3) is 11.8 Å².